The Bertz CT molecular complexity index is 493. The van der Waals surface area contributed by atoms with Gasteiger partial charge in [-0.1, -0.05) is 12.1 Å². The number of nitrogens with two attached hydrogens (primary N) is 1. The first kappa shape index (κ1) is 12.4. The van der Waals surface area contributed by atoms with Crippen LogP contribution in [-0.4, -0.2) is 30.1 Å². The van der Waals surface area contributed by atoms with E-state index in [2.05, 4.69) is 5.32 Å². The van der Waals surface area contributed by atoms with Gasteiger partial charge in [-0.3, -0.25) is 0 Å². The number of hydrogen-bond donors (Lipinski definition) is 2. The lowest BCUT2D eigenvalue weighted by Crippen LogP contribution is -2.36. The summed E-state index contributed by atoms with van der Waals surface area (Å²) in [7, 11) is 0. The molecule has 0 radical (unpaired) electrons. The molecule has 19 heavy (non-hydrogen) atoms. The monoisotopic (exact) mass is 263 g/mol. The average molecular weight is 263 g/mol. The van der Waals surface area contributed by atoms with Crippen molar-refractivity contribution < 1.29 is 9.18 Å². The molecule has 2 fully saturated rings. The maximum Gasteiger partial charge on any atom is 0.321 e. The van der Waals surface area contributed by atoms with Gasteiger partial charge in [0.1, 0.15) is 5.82 Å². The summed E-state index contributed by atoms with van der Waals surface area (Å²) < 4.78 is 13.5. The number of fused-ring (bicyclic) bond motifs is 1. The molecule has 3 rings (SSSR count). The van der Waals surface area contributed by atoms with Gasteiger partial charge in [-0.05, 0) is 36.8 Å². The molecular formula is C14H18FN3O. The van der Waals surface area contributed by atoms with E-state index in [9.17, 15) is 9.18 Å². The predicted octanol–water partition coefficient (Wildman–Crippen LogP) is 2.03. The van der Waals surface area contributed by atoms with Gasteiger partial charge in [0.2, 0.25) is 0 Å². The number of para-hydroxylation sites is 1. The van der Waals surface area contributed by atoms with Gasteiger partial charge in [0.25, 0.3) is 0 Å². The van der Waals surface area contributed by atoms with Gasteiger partial charge in [0, 0.05) is 19.1 Å². The molecule has 102 valence electrons. The number of rotatable bonds is 1. The van der Waals surface area contributed by atoms with E-state index >= 15 is 0 Å². The van der Waals surface area contributed by atoms with Gasteiger partial charge in [-0.25, -0.2) is 9.18 Å². The van der Waals surface area contributed by atoms with Crippen LogP contribution in [0.3, 0.4) is 0 Å². The molecule has 1 saturated carbocycles. The van der Waals surface area contributed by atoms with Gasteiger partial charge in [-0.2, -0.15) is 0 Å². The summed E-state index contributed by atoms with van der Waals surface area (Å²) in [6.07, 6.45) is 2.15. The van der Waals surface area contributed by atoms with Crippen molar-refractivity contribution in [2.45, 2.75) is 18.9 Å². The van der Waals surface area contributed by atoms with Crippen molar-refractivity contribution in [1.29, 1.82) is 0 Å². The molecule has 3 unspecified atom stereocenters. The molecule has 4 nitrogen and oxygen atoms in total. The molecule has 0 spiro atoms. The summed E-state index contributed by atoms with van der Waals surface area (Å²) in [6.45, 7) is 1.42. The number of carbonyl (C=O) groups excluding carboxylic acids is 1. The lowest BCUT2D eigenvalue weighted by molar-refractivity contribution is 0.218. The Morgan fingerprint density at radius 1 is 1.32 bits per heavy atom. The fourth-order valence-electron chi connectivity index (χ4n) is 3.23. The SMILES string of the molecule is NC1CCC2CN(C(=O)Nc3ccccc3F)CC12. The van der Waals surface area contributed by atoms with Crippen molar-refractivity contribution in [3.05, 3.63) is 30.1 Å². The predicted molar refractivity (Wildman–Crippen MR) is 71.2 cm³/mol. The highest BCUT2D eigenvalue weighted by Gasteiger charge is 2.42. The van der Waals surface area contributed by atoms with Crippen LogP contribution in [0.15, 0.2) is 24.3 Å². The van der Waals surface area contributed by atoms with Gasteiger partial charge in [-0.15, -0.1) is 0 Å². The molecular weight excluding hydrogens is 245 g/mol. The van der Waals surface area contributed by atoms with Gasteiger partial charge < -0.3 is 16.0 Å². The Labute approximate surface area is 111 Å². The lowest BCUT2D eigenvalue weighted by atomic mass is 9.98. The number of carbonyl (C=O) groups is 1. The van der Waals surface area contributed by atoms with E-state index in [1.165, 1.54) is 6.07 Å². The second-order valence-corrected chi connectivity index (χ2v) is 5.48. The molecule has 1 heterocycles. The summed E-state index contributed by atoms with van der Waals surface area (Å²) in [5, 5.41) is 2.63. The minimum Gasteiger partial charge on any atom is -0.327 e. The van der Waals surface area contributed by atoms with Crippen LogP contribution in [0.4, 0.5) is 14.9 Å². The number of halogens is 1. The van der Waals surface area contributed by atoms with Crippen LogP contribution < -0.4 is 11.1 Å². The minimum atomic E-state index is -0.410. The molecule has 3 N–H and O–H groups in total. The first-order valence-electron chi connectivity index (χ1n) is 6.71. The van der Waals surface area contributed by atoms with Gasteiger partial charge in [0.05, 0.1) is 5.69 Å². The summed E-state index contributed by atoms with van der Waals surface area (Å²) in [5.74, 6) is 0.514. The van der Waals surface area contributed by atoms with E-state index in [1.54, 1.807) is 23.1 Å². The molecule has 1 aliphatic heterocycles. The molecule has 5 heteroatoms. The minimum absolute atomic E-state index is 0.205. The average Bonchev–Trinajstić information content (AvgIpc) is 2.95. The third-order valence-electron chi connectivity index (χ3n) is 4.32. The fraction of sp³-hybridized carbons (Fsp3) is 0.500. The van der Waals surface area contributed by atoms with Crippen LogP contribution in [-0.2, 0) is 0 Å². The third-order valence-corrected chi connectivity index (χ3v) is 4.32. The van der Waals surface area contributed by atoms with Crippen LogP contribution in [0.5, 0.6) is 0 Å². The molecule has 3 atom stereocenters. The standard InChI is InChI=1S/C14H18FN3O/c15-11-3-1-2-4-13(11)17-14(19)18-7-9-5-6-12(16)10(9)8-18/h1-4,9-10,12H,5-8,16H2,(H,17,19). The lowest BCUT2D eigenvalue weighted by Gasteiger charge is -2.19. The number of hydrogen-bond acceptors (Lipinski definition) is 2. The summed E-state index contributed by atoms with van der Waals surface area (Å²) in [6, 6.07) is 6.18. The van der Waals surface area contributed by atoms with Gasteiger partial charge >= 0.3 is 6.03 Å². The second-order valence-electron chi connectivity index (χ2n) is 5.48. The largest absolute Gasteiger partial charge is 0.327 e. The summed E-state index contributed by atoms with van der Waals surface area (Å²) in [4.78, 5) is 13.9. The highest BCUT2D eigenvalue weighted by atomic mass is 19.1. The second kappa shape index (κ2) is 4.81. The maximum absolute atomic E-state index is 13.5. The third kappa shape index (κ3) is 2.30. The fourth-order valence-corrected chi connectivity index (χ4v) is 3.23. The van der Waals surface area contributed by atoms with Crippen LogP contribution in [0.2, 0.25) is 0 Å². The molecule has 1 saturated heterocycles. The Morgan fingerprint density at radius 3 is 2.84 bits per heavy atom. The number of nitrogens with zero attached hydrogens (tertiary/aromatic N) is 1. The van der Waals surface area contributed by atoms with E-state index < -0.39 is 5.82 Å². The van der Waals surface area contributed by atoms with Crippen molar-refractivity contribution in [2.24, 2.45) is 17.6 Å². The smallest absolute Gasteiger partial charge is 0.321 e. The summed E-state index contributed by atoms with van der Waals surface area (Å²) in [5.41, 5.74) is 6.27. The number of urea groups is 1. The number of likely N-dealkylation sites (tertiary alicyclic amines) is 1. The van der Waals surface area contributed by atoms with Crippen molar-refractivity contribution in [3.8, 4) is 0 Å². The number of nitrogens with one attached hydrogen (secondary N) is 1. The Morgan fingerprint density at radius 2 is 2.11 bits per heavy atom. The topological polar surface area (TPSA) is 58.4 Å². The molecule has 0 bridgehead atoms. The normalized spacial score (nSPS) is 29.4. The van der Waals surface area contributed by atoms with Gasteiger partial charge in [0.15, 0.2) is 0 Å². The number of anilines is 1. The highest BCUT2D eigenvalue weighted by molar-refractivity contribution is 5.89. The summed E-state index contributed by atoms with van der Waals surface area (Å²) >= 11 is 0. The zero-order valence-electron chi connectivity index (χ0n) is 10.7. The van der Waals surface area contributed by atoms with E-state index in [0.717, 1.165) is 19.4 Å². The van der Waals surface area contributed by atoms with Crippen molar-refractivity contribution >= 4 is 11.7 Å². The zero-order valence-corrected chi connectivity index (χ0v) is 10.7. The van der Waals surface area contributed by atoms with Crippen LogP contribution in [0, 0.1) is 17.7 Å². The van der Waals surface area contributed by atoms with Crippen LogP contribution in [0.25, 0.3) is 0 Å². The van der Waals surface area contributed by atoms with E-state index in [1.807, 2.05) is 0 Å². The van der Waals surface area contributed by atoms with Crippen molar-refractivity contribution in [1.82, 2.24) is 4.90 Å². The van der Waals surface area contributed by atoms with Crippen molar-refractivity contribution in [3.63, 3.8) is 0 Å². The highest BCUT2D eigenvalue weighted by Crippen LogP contribution is 2.37. The van der Waals surface area contributed by atoms with Crippen molar-refractivity contribution in [2.75, 3.05) is 18.4 Å². The van der Waals surface area contributed by atoms with E-state index in [4.69, 9.17) is 5.73 Å². The molecule has 2 aliphatic rings. The molecule has 1 aliphatic carbocycles. The number of amides is 2. The van der Waals surface area contributed by atoms with E-state index in [-0.39, 0.29) is 17.8 Å². The molecule has 2 amide bonds. The first-order valence-corrected chi connectivity index (χ1v) is 6.71. The first-order chi connectivity index (χ1) is 9.15. The number of benzene rings is 1. The zero-order chi connectivity index (χ0) is 13.4. The Hall–Kier alpha value is -1.62. The molecule has 0 aromatic heterocycles. The Balaban J connectivity index is 1.65. The van der Waals surface area contributed by atoms with Crippen LogP contribution >= 0.6 is 0 Å². The maximum atomic E-state index is 13.5. The van der Waals surface area contributed by atoms with Crippen LogP contribution in [0.1, 0.15) is 12.8 Å². The quantitative estimate of drug-likeness (QED) is 0.814. The Kier molecular flexibility index (Phi) is 3.14. The van der Waals surface area contributed by atoms with E-state index in [0.29, 0.717) is 18.4 Å². The molecule has 1 aromatic carbocycles. The molecule has 1 aromatic rings.